The van der Waals surface area contributed by atoms with Gasteiger partial charge >= 0.3 is 5.97 Å². The van der Waals surface area contributed by atoms with Gasteiger partial charge in [0.15, 0.2) is 6.29 Å². The molecule has 0 heterocycles. The maximum absolute atomic E-state index is 11.5. The van der Waals surface area contributed by atoms with E-state index in [4.69, 9.17) is 15.2 Å². The zero-order valence-corrected chi connectivity index (χ0v) is 12.2. The molecule has 2 aromatic rings. The average molecular weight is 299 g/mol. The number of esters is 1. The molecule has 114 valence electrons. The molecule has 0 atom stereocenters. The number of rotatable bonds is 6. The number of aldehydes is 1. The normalized spacial score (nSPS) is 10.0. The van der Waals surface area contributed by atoms with E-state index in [-0.39, 0.29) is 12.4 Å². The van der Waals surface area contributed by atoms with Gasteiger partial charge in [0.2, 0.25) is 0 Å². The summed E-state index contributed by atoms with van der Waals surface area (Å²) in [7, 11) is 0. The van der Waals surface area contributed by atoms with Gasteiger partial charge in [-0.3, -0.25) is 9.59 Å². The Bertz CT molecular complexity index is 682. The maximum atomic E-state index is 11.5. The minimum atomic E-state index is -0.291. The van der Waals surface area contributed by atoms with E-state index >= 15 is 0 Å². The Morgan fingerprint density at radius 3 is 2.77 bits per heavy atom. The van der Waals surface area contributed by atoms with Crippen molar-refractivity contribution in [1.82, 2.24) is 0 Å². The van der Waals surface area contributed by atoms with Crippen molar-refractivity contribution in [2.45, 2.75) is 13.3 Å². The number of nitrogens with two attached hydrogens (primary N) is 1. The van der Waals surface area contributed by atoms with Gasteiger partial charge in [-0.05, 0) is 42.8 Å². The molecule has 0 fully saturated rings. The number of ether oxygens (including phenoxy) is 2. The second kappa shape index (κ2) is 7.26. The third kappa shape index (κ3) is 4.09. The SMILES string of the molecule is CCOC(=O)Cc1cccc(Oc2ccc(N)cc2C=O)c1. The summed E-state index contributed by atoms with van der Waals surface area (Å²) in [6.07, 6.45) is 0.863. The lowest BCUT2D eigenvalue weighted by Crippen LogP contribution is -2.07. The number of benzene rings is 2. The molecular formula is C17H17NO4. The molecule has 0 aliphatic rings. The molecule has 0 spiro atoms. The third-order valence-corrected chi connectivity index (χ3v) is 2.94. The molecule has 0 aromatic heterocycles. The van der Waals surface area contributed by atoms with Crippen LogP contribution < -0.4 is 10.5 Å². The quantitative estimate of drug-likeness (QED) is 0.504. The first-order chi connectivity index (χ1) is 10.6. The van der Waals surface area contributed by atoms with Crippen molar-refractivity contribution in [3.63, 3.8) is 0 Å². The zero-order chi connectivity index (χ0) is 15.9. The average Bonchev–Trinajstić information content (AvgIpc) is 2.49. The van der Waals surface area contributed by atoms with Crippen molar-refractivity contribution in [2.24, 2.45) is 0 Å². The molecule has 5 heteroatoms. The molecule has 0 aliphatic heterocycles. The topological polar surface area (TPSA) is 78.6 Å². The Hall–Kier alpha value is -2.82. The Morgan fingerprint density at radius 2 is 2.05 bits per heavy atom. The highest BCUT2D eigenvalue weighted by Gasteiger charge is 2.08. The molecule has 0 aliphatic carbocycles. The molecule has 0 radical (unpaired) electrons. The van der Waals surface area contributed by atoms with Crippen molar-refractivity contribution in [2.75, 3.05) is 12.3 Å². The number of anilines is 1. The molecule has 0 saturated heterocycles. The summed E-state index contributed by atoms with van der Waals surface area (Å²) in [6, 6.07) is 11.9. The lowest BCUT2D eigenvalue weighted by atomic mass is 10.1. The number of carbonyl (C=O) groups is 2. The Labute approximate surface area is 128 Å². The highest BCUT2D eigenvalue weighted by Crippen LogP contribution is 2.26. The first kappa shape index (κ1) is 15.6. The van der Waals surface area contributed by atoms with Crippen molar-refractivity contribution in [3.8, 4) is 11.5 Å². The van der Waals surface area contributed by atoms with E-state index in [1.807, 2.05) is 6.07 Å². The molecule has 2 N–H and O–H groups in total. The summed E-state index contributed by atoms with van der Waals surface area (Å²) in [5.74, 6) is 0.660. The van der Waals surface area contributed by atoms with E-state index < -0.39 is 0 Å². The van der Waals surface area contributed by atoms with Gasteiger partial charge in [0, 0.05) is 5.69 Å². The Morgan fingerprint density at radius 1 is 1.23 bits per heavy atom. The number of hydrogen-bond acceptors (Lipinski definition) is 5. The van der Waals surface area contributed by atoms with Gasteiger partial charge < -0.3 is 15.2 Å². The van der Waals surface area contributed by atoms with Gasteiger partial charge in [0.25, 0.3) is 0 Å². The summed E-state index contributed by atoms with van der Waals surface area (Å²) in [4.78, 5) is 22.6. The van der Waals surface area contributed by atoms with Gasteiger partial charge in [-0.15, -0.1) is 0 Å². The molecule has 0 bridgehead atoms. The first-order valence-electron chi connectivity index (χ1n) is 6.89. The summed E-state index contributed by atoms with van der Waals surface area (Å²) in [6.45, 7) is 2.11. The lowest BCUT2D eigenvalue weighted by molar-refractivity contribution is -0.142. The van der Waals surface area contributed by atoms with E-state index in [2.05, 4.69) is 0 Å². The van der Waals surface area contributed by atoms with Crippen LogP contribution in [-0.4, -0.2) is 18.9 Å². The predicted molar refractivity (Wildman–Crippen MR) is 83.1 cm³/mol. The van der Waals surface area contributed by atoms with Crippen LogP contribution in [0.1, 0.15) is 22.8 Å². The van der Waals surface area contributed by atoms with Crippen LogP contribution in [0.2, 0.25) is 0 Å². The van der Waals surface area contributed by atoms with Crippen molar-refractivity contribution < 1.29 is 19.1 Å². The van der Waals surface area contributed by atoms with E-state index in [0.29, 0.717) is 35.6 Å². The second-order valence-corrected chi connectivity index (χ2v) is 4.65. The molecule has 2 aromatic carbocycles. The number of nitrogen functional groups attached to an aromatic ring is 1. The van der Waals surface area contributed by atoms with Crippen LogP contribution in [0.5, 0.6) is 11.5 Å². The first-order valence-corrected chi connectivity index (χ1v) is 6.89. The molecule has 0 amide bonds. The van der Waals surface area contributed by atoms with Crippen molar-refractivity contribution >= 4 is 17.9 Å². The standard InChI is InChI=1S/C17H17NO4/c1-2-21-17(20)9-12-4-3-5-15(8-12)22-16-7-6-14(18)10-13(16)11-19/h3-8,10-11H,2,9,18H2,1H3. The summed E-state index contributed by atoms with van der Waals surface area (Å²) < 4.78 is 10.6. The van der Waals surface area contributed by atoms with Crippen LogP contribution in [0.15, 0.2) is 42.5 Å². The van der Waals surface area contributed by atoms with Gasteiger partial charge in [-0.25, -0.2) is 0 Å². The molecule has 2 rings (SSSR count). The van der Waals surface area contributed by atoms with Crippen molar-refractivity contribution in [3.05, 3.63) is 53.6 Å². The molecule has 5 nitrogen and oxygen atoms in total. The van der Waals surface area contributed by atoms with E-state index in [1.165, 1.54) is 0 Å². The molecule has 0 saturated carbocycles. The molecular weight excluding hydrogens is 282 g/mol. The lowest BCUT2D eigenvalue weighted by Gasteiger charge is -2.10. The third-order valence-electron chi connectivity index (χ3n) is 2.94. The summed E-state index contributed by atoms with van der Waals surface area (Å²) in [5, 5.41) is 0. The van der Waals surface area contributed by atoms with E-state index in [0.717, 1.165) is 5.56 Å². The summed E-state index contributed by atoms with van der Waals surface area (Å²) in [5.41, 5.74) is 7.28. The van der Waals surface area contributed by atoms with Gasteiger partial charge in [0.05, 0.1) is 18.6 Å². The van der Waals surface area contributed by atoms with Gasteiger partial charge in [-0.1, -0.05) is 12.1 Å². The smallest absolute Gasteiger partial charge is 0.310 e. The zero-order valence-electron chi connectivity index (χ0n) is 12.2. The Balaban J connectivity index is 2.17. The van der Waals surface area contributed by atoms with Crippen LogP contribution in [0.4, 0.5) is 5.69 Å². The number of carbonyl (C=O) groups excluding carboxylic acids is 2. The van der Waals surface area contributed by atoms with Gasteiger partial charge in [-0.2, -0.15) is 0 Å². The fraction of sp³-hybridized carbons (Fsp3) is 0.176. The fourth-order valence-corrected chi connectivity index (χ4v) is 1.98. The number of hydrogen-bond donors (Lipinski definition) is 1. The van der Waals surface area contributed by atoms with Crippen LogP contribution in [-0.2, 0) is 16.0 Å². The molecule has 0 unspecified atom stereocenters. The largest absolute Gasteiger partial charge is 0.466 e. The minimum Gasteiger partial charge on any atom is -0.466 e. The van der Waals surface area contributed by atoms with Crippen LogP contribution in [0.3, 0.4) is 0 Å². The summed E-state index contributed by atoms with van der Waals surface area (Å²) >= 11 is 0. The van der Waals surface area contributed by atoms with E-state index in [1.54, 1.807) is 43.3 Å². The second-order valence-electron chi connectivity index (χ2n) is 4.65. The van der Waals surface area contributed by atoms with E-state index in [9.17, 15) is 9.59 Å². The van der Waals surface area contributed by atoms with Crippen molar-refractivity contribution in [1.29, 1.82) is 0 Å². The van der Waals surface area contributed by atoms with Gasteiger partial charge in [0.1, 0.15) is 11.5 Å². The fourth-order valence-electron chi connectivity index (χ4n) is 1.98. The monoisotopic (exact) mass is 299 g/mol. The van der Waals surface area contributed by atoms with Crippen LogP contribution in [0.25, 0.3) is 0 Å². The highest BCUT2D eigenvalue weighted by atomic mass is 16.5. The minimum absolute atomic E-state index is 0.174. The molecule has 22 heavy (non-hydrogen) atoms. The predicted octanol–water partition coefficient (Wildman–Crippen LogP) is 2.98. The van der Waals surface area contributed by atoms with Crippen LogP contribution >= 0.6 is 0 Å². The van der Waals surface area contributed by atoms with Crippen LogP contribution in [0, 0.1) is 0 Å². The highest BCUT2D eigenvalue weighted by molar-refractivity contribution is 5.81. The Kier molecular flexibility index (Phi) is 5.14. The maximum Gasteiger partial charge on any atom is 0.310 e.